The molecule has 55 heavy (non-hydrogen) atoms. The van der Waals surface area contributed by atoms with E-state index in [2.05, 4.69) is 48.6 Å². The molecule has 0 heterocycles. The summed E-state index contributed by atoms with van der Waals surface area (Å²) >= 11 is 0. The second kappa shape index (κ2) is 41.1. The predicted molar refractivity (Wildman–Crippen MR) is 243 cm³/mol. The summed E-state index contributed by atoms with van der Waals surface area (Å²) in [6, 6.07) is 0. The maximum absolute atomic E-state index is 12.9. The second-order valence-electron chi connectivity index (χ2n) is 17.7. The molecular formula is C50H101N2O3+. The van der Waals surface area contributed by atoms with E-state index < -0.39 is 5.54 Å². The molecule has 0 aliphatic rings. The summed E-state index contributed by atoms with van der Waals surface area (Å²) in [4.78, 5) is 38.7. The third-order valence-electron chi connectivity index (χ3n) is 12.0. The zero-order chi connectivity index (χ0) is 41.3. The van der Waals surface area contributed by atoms with Gasteiger partial charge in [-0.1, -0.05) is 196 Å². The molecule has 0 amide bonds. The highest BCUT2D eigenvalue weighted by atomic mass is 16.2. The fourth-order valence-electron chi connectivity index (χ4n) is 7.88. The van der Waals surface area contributed by atoms with Crippen molar-refractivity contribution in [3.05, 3.63) is 0 Å². The third-order valence-corrected chi connectivity index (χ3v) is 12.0. The molecule has 0 aliphatic carbocycles. The molecule has 0 aromatic rings. The first-order chi connectivity index (χ1) is 26.6. The van der Waals surface area contributed by atoms with Crippen LogP contribution in [0.15, 0.2) is 0 Å². The monoisotopic (exact) mass is 778 g/mol. The van der Waals surface area contributed by atoms with Crippen molar-refractivity contribution in [1.29, 1.82) is 0 Å². The highest BCUT2D eigenvalue weighted by molar-refractivity contribution is 6.29. The van der Waals surface area contributed by atoms with E-state index >= 15 is 0 Å². The maximum atomic E-state index is 12.9. The van der Waals surface area contributed by atoms with Crippen LogP contribution in [0.25, 0.3) is 0 Å². The Kier molecular flexibility index (Phi) is 41.9. The zero-order valence-corrected chi connectivity index (χ0v) is 38.8. The Balaban J connectivity index is 0. The summed E-state index contributed by atoms with van der Waals surface area (Å²) in [5.41, 5.74) is 4.40. The van der Waals surface area contributed by atoms with Gasteiger partial charge in [-0.15, -0.1) is 0 Å². The quantitative estimate of drug-likeness (QED) is 0.0380. The van der Waals surface area contributed by atoms with Crippen LogP contribution in [0.2, 0.25) is 0 Å². The molecule has 5 nitrogen and oxygen atoms in total. The van der Waals surface area contributed by atoms with Gasteiger partial charge >= 0.3 is 0 Å². The number of hydrogen-bond donors (Lipinski definition) is 1. The standard InChI is InChI=1S/C25H47NO3.C25H54N/c1-4-7-10-13-16-19-22(27)25(26,23(28)20-17-14-11-8-5-2)24(29)21-18-15-12-9-6-3;1-5-8-11-14-17-20-23-26(4,24-21-18-15-12-9-6-2)25-22-19-16-13-10-7-3/h4-21,26H2,1-3H3;5-25H2,1-4H3/q;+1. The Morgan fingerprint density at radius 3 is 0.727 bits per heavy atom. The molecule has 0 aromatic heterocycles. The average Bonchev–Trinajstić information content (AvgIpc) is 3.18. The minimum absolute atomic E-state index is 0.239. The average molecular weight is 778 g/mol. The first-order valence-electron chi connectivity index (χ1n) is 24.9. The lowest BCUT2D eigenvalue weighted by Crippen LogP contribution is -2.61. The number of Topliss-reactive ketones (excluding diaryl/α,β-unsaturated/α-hetero) is 3. The van der Waals surface area contributed by atoms with Gasteiger partial charge in [0.05, 0.1) is 26.7 Å². The van der Waals surface area contributed by atoms with Crippen LogP contribution in [0.4, 0.5) is 0 Å². The van der Waals surface area contributed by atoms with Gasteiger partial charge in [-0.3, -0.25) is 14.4 Å². The van der Waals surface area contributed by atoms with Crippen molar-refractivity contribution in [2.45, 2.75) is 278 Å². The van der Waals surface area contributed by atoms with E-state index in [1.54, 1.807) is 0 Å². The summed E-state index contributed by atoms with van der Waals surface area (Å²) < 4.78 is 1.36. The Labute approximate surface area is 345 Å². The highest BCUT2D eigenvalue weighted by Gasteiger charge is 2.46. The Hall–Kier alpha value is -1.07. The zero-order valence-electron chi connectivity index (χ0n) is 38.8. The van der Waals surface area contributed by atoms with Crippen molar-refractivity contribution >= 4 is 17.3 Å². The van der Waals surface area contributed by atoms with Gasteiger partial charge in [-0.05, 0) is 57.8 Å². The summed E-state index contributed by atoms with van der Waals surface area (Å²) in [5, 5.41) is 0. The number of hydrogen-bond acceptors (Lipinski definition) is 4. The van der Waals surface area contributed by atoms with Gasteiger partial charge in [0.1, 0.15) is 0 Å². The van der Waals surface area contributed by atoms with Gasteiger partial charge in [-0.2, -0.15) is 0 Å². The number of rotatable bonds is 42. The van der Waals surface area contributed by atoms with E-state index in [9.17, 15) is 14.4 Å². The molecule has 328 valence electrons. The lowest BCUT2D eigenvalue weighted by atomic mass is 9.79. The van der Waals surface area contributed by atoms with E-state index in [1.807, 2.05) is 0 Å². The van der Waals surface area contributed by atoms with Crippen molar-refractivity contribution in [1.82, 2.24) is 0 Å². The van der Waals surface area contributed by atoms with Gasteiger partial charge < -0.3 is 10.2 Å². The normalized spacial score (nSPS) is 11.8. The van der Waals surface area contributed by atoms with Gasteiger partial charge in [0.2, 0.25) is 0 Å². The third kappa shape index (κ3) is 32.6. The number of carbonyl (C=O) groups excluding carboxylic acids is 3. The molecule has 0 spiro atoms. The topological polar surface area (TPSA) is 77.2 Å². The largest absolute Gasteiger partial charge is 0.326 e. The van der Waals surface area contributed by atoms with Crippen LogP contribution in [0.3, 0.4) is 0 Å². The molecule has 0 aromatic carbocycles. The van der Waals surface area contributed by atoms with E-state index in [4.69, 9.17) is 5.73 Å². The minimum Gasteiger partial charge on any atom is -0.326 e. The highest BCUT2D eigenvalue weighted by Crippen LogP contribution is 2.21. The molecular weight excluding hydrogens is 677 g/mol. The molecule has 0 fully saturated rings. The van der Waals surface area contributed by atoms with Crippen LogP contribution in [0, 0.1) is 0 Å². The van der Waals surface area contributed by atoms with E-state index in [-0.39, 0.29) is 36.6 Å². The molecule has 2 N–H and O–H groups in total. The van der Waals surface area contributed by atoms with Crippen molar-refractivity contribution in [2.75, 3.05) is 26.7 Å². The molecule has 0 rings (SSSR count). The predicted octanol–water partition coefficient (Wildman–Crippen LogP) is 15.0. The molecule has 0 saturated heterocycles. The fourth-order valence-corrected chi connectivity index (χ4v) is 7.88. The molecule has 0 aliphatic heterocycles. The summed E-state index contributed by atoms with van der Waals surface area (Å²) in [5.74, 6) is -1.07. The maximum Gasteiger partial charge on any atom is 0.193 e. The summed E-state index contributed by atoms with van der Waals surface area (Å²) in [7, 11) is 2.56. The molecule has 0 bridgehead atoms. The van der Waals surface area contributed by atoms with Crippen LogP contribution < -0.4 is 5.73 Å². The van der Waals surface area contributed by atoms with Gasteiger partial charge in [0.15, 0.2) is 22.9 Å². The number of nitrogens with zero attached hydrogens (tertiary/aromatic N) is 1. The van der Waals surface area contributed by atoms with Crippen LogP contribution in [-0.2, 0) is 14.4 Å². The smallest absolute Gasteiger partial charge is 0.193 e. The molecule has 0 radical (unpaired) electrons. The fraction of sp³-hybridized carbons (Fsp3) is 0.940. The van der Waals surface area contributed by atoms with Crippen LogP contribution >= 0.6 is 0 Å². The Morgan fingerprint density at radius 1 is 0.327 bits per heavy atom. The van der Waals surface area contributed by atoms with Crippen molar-refractivity contribution in [3.8, 4) is 0 Å². The second-order valence-corrected chi connectivity index (χ2v) is 17.7. The number of unbranched alkanes of at least 4 members (excludes halogenated alkanes) is 27. The van der Waals surface area contributed by atoms with E-state index in [0.717, 1.165) is 77.0 Å². The Bertz CT molecular complexity index is 751. The summed E-state index contributed by atoms with van der Waals surface area (Å²) in [6.45, 7) is 17.7. The molecule has 0 unspecified atom stereocenters. The number of quaternary nitrogens is 1. The van der Waals surface area contributed by atoms with Crippen molar-refractivity contribution in [3.63, 3.8) is 0 Å². The number of nitrogens with two attached hydrogens (primary N) is 1. The number of ketones is 3. The van der Waals surface area contributed by atoms with Crippen LogP contribution in [0.1, 0.15) is 273 Å². The van der Waals surface area contributed by atoms with E-state index in [1.165, 1.54) is 140 Å². The molecule has 0 saturated carbocycles. The lowest BCUT2D eigenvalue weighted by Gasteiger charge is -2.35. The number of carbonyl (C=O) groups is 3. The lowest BCUT2D eigenvalue weighted by molar-refractivity contribution is -0.910. The SMILES string of the molecule is CCCCCCCC(=O)C(N)(C(=O)CCCCCCC)C(=O)CCCCCCC.CCCCCCCC[N+](C)(CCCCCCCC)CCCCCCCC. The van der Waals surface area contributed by atoms with Crippen LogP contribution in [-0.4, -0.2) is 54.1 Å². The first kappa shape index (κ1) is 56.0. The van der Waals surface area contributed by atoms with Gasteiger partial charge in [0, 0.05) is 19.3 Å². The minimum atomic E-state index is -1.90. The van der Waals surface area contributed by atoms with E-state index in [0.29, 0.717) is 19.3 Å². The van der Waals surface area contributed by atoms with Gasteiger partial charge in [0.25, 0.3) is 0 Å². The molecule has 5 heteroatoms. The van der Waals surface area contributed by atoms with Crippen LogP contribution in [0.5, 0.6) is 0 Å². The van der Waals surface area contributed by atoms with Crippen molar-refractivity contribution in [2.24, 2.45) is 5.73 Å². The van der Waals surface area contributed by atoms with Crippen molar-refractivity contribution < 1.29 is 18.9 Å². The molecule has 0 atom stereocenters. The Morgan fingerprint density at radius 2 is 0.509 bits per heavy atom. The first-order valence-corrected chi connectivity index (χ1v) is 24.9. The van der Waals surface area contributed by atoms with Gasteiger partial charge in [-0.25, -0.2) is 0 Å². The summed E-state index contributed by atoms with van der Waals surface area (Å²) in [6.07, 6.45) is 41.7.